The lowest BCUT2D eigenvalue weighted by Gasteiger charge is -2.10. The van der Waals surface area contributed by atoms with Crippen LogP contribution in [0.1, 0.15) is 18.7 Å². The summed E-state index contributed by atoms with van der Waals surface area (Å²) in [5.41, 5.74) is 1.48. The van der Waals surface area contributed by atoms with E-state index in [-0.39, 0.29) is 0 Å². The third kappa shape index (κ3) is 2.83. The Morgan fingerprint density at radius 3 is 2.58 bits per heavy atom. The molecule has 6 heteroatoms. The minimum absolute atomic E-state index is 0.464. The summed E-state index contributed by atoms with van der Waals surface area (Å²) in [7, 11) is 3.10. The average Bonchev–Trinajstić information content (AvgIpc) is 2.87. The zero-order valence-corrected chi connectivity index (χ0v) is 12.4. The highest BCUT2D eigenvalue weighted by Crippen LogP contribution is 2.40. The molecule has 0 saturated heterocycles. The average molecular weight is 300 g/mol. The van der Waals surface area contributed by atoms with E-state index in [2.05, 4.69) is 4.98 Å². The number of aliphatic hydroxyl groups excluding tert-OH is 1. The highest BCUT2D eigenvalue weighted by molar-refractivity contribution is 7.13. The van der Waals surface area contributed by atoms with Crippen LogP contribution in [-0.2, 0) is 0 Å². The molecule has 0 bridgehead atoms. The van der Waals surface area contributed by atoms with Crippen LogP contribution in [0.2, 0.25) is 5.02 Å². The first-order valence-corrected chi connectivity index (χ1v) is 6.88. The lowest BCUT2D eigenvalue weighted by Crippen LogP contribution is -1.93. The molecule has 1 N–H and O–H groups in total. The number of aromatic nitrogens is 1. The van der Waals surface area contributed by atoms with Crippen molar-refractivity contribution in [2.45, 2.75) is 13.0 Å². The van der Waals surface area contributed by atoms with Gasteiger partial charge < -0.3 is 14.6 Å². The van der Waals surface area contributed by atoms with Gasteiger partial charge in [0.15, 0.2) is 11.5 Å². The molecule has 1 atom stereocenters. The summed E-state index contributed by atoms with van der Waals surface area (Å²) in [6, 6.07) is 3.59. The maximum absolute atomic E-state index is 9.49. The summed E-state index contributed by atoms with van der Waals surface area (Å²) in [5, 5.41) is 12.6. The topological polar surface area (TPSA) is 51.6 Å². The highest BCUT2D eigenvalue weighted by atomic mass is 35.5. The van der Waals surface area contributed by atoms with Gasteiger partial charge in [0.05, 0.1) is 31.0 Å². The van der Waals surface area contributed by atoms with Crippen LogP contribution in [0.3, 0.4) is 0 Å². The summed E-state index contributed by atoms with van der Waals surface area (Å²) in [6.45, 7) is 1.68. The van der Waals surface area contributed by atoms with E-state index in [1.165, 1.54) is 11.3 Å². The van der Waals surface area contributed by atoms with Gasteiger partial charge in [-0.1, -0.05) is 11.6 Å². The first kappa shape index (κ1) is 14.1. The molecule has 19 heavy (non-hydrogen) atoms. The number of hydrogen-bond acceptors (Lipinski definition) is 5. The quantitative estimate of drug-likeness (QED) is 0.938. The van der Waals surface area contributed by atoms with E-state index in [1.54, 1.807) is 27.2 Å². The van der Waals surface area contributed by atoms with Gasteiger partial charge in [0.25, 0.3) is 0 Å². The Labute approximate surface area is 120 Å². The van der Waals surface area contributed by atoms with Crippen molar-refractivity contribution in [1.29, 1.82) is 0 Å². The molecule has 0 radical (unpaired) electrons. The van der Waals surface area contributed by atoms with Crippen LogP contribution in [0.15, 0.2) is 17.5 Å². The van der Waals surface area contributed by atoms with Crippen LogP contribution in [0.4, 0.5) is 0 Å². The molecule has 1 heterocycles. The highest BCUT2D eigenvalue weighted by Gasteiger charge is 2.15. The van der Waals surface area contributed by atoms with E-state index in [9.17, 15) is 5.11 Å². The number of nitrogens with zero attached hydrogens (tertiary/aromatic N) is 1. The number of aliphatic hydroxyl groups is 1. The Morgan fingerprint density at radius 2 is 2.05 bits per heavy atom. The second-order valence-electron chi connectivity index (χ2n) is 3.95. The first-order valence-electron chi connectivity index (χ1n) is 5.62. The molecule has 0 fully saturated rings. The largest absolute Gasteiger partial charge is 0.493 e. The van der Waals surface area contributed by atoms with Gasteiger partial charge >= 0.3 is 0 Å². The molecular formula is C13H14ClNO3S. The predicted octanol–water partition coefficient (Wildman–Crippen LogP) is 3.53. The van der Waals surface area contributed by atoms with Crippen LogP contribution >= 0.6 is 22.9 Å². The number of rotatable bonds is 4. The van der Waals surface area contributed by atoms with Gasteiger partial charge in [-0.3, -0.25) is 0 Å². The van der Waals surface area contributed by atoms with E-state index in [1.807, 2.05) is 11.4 Å². The molecule has 2 rings (SSSR count). The van der Waals surface area contributed by atoms with Crippen LogP contribution < -0.4 is 9.47 Å². The Kier molecular flexibility index (Phi) is 4.29. The zero-order valence-electron chi connectivity index (χ0n) is 10.8. The molecule has 0 aliphatic heterocycles. The normalized spacial score (nSPS) is 12.3. The van der Waals surface area contributed by atoms with Crippen LogP contribution in [0.5, 0.6) is 11.5 Å². The van der Waals surface area contributed by atoms with E-state index in [4.69, 9.17) is 21.1 Å². The van der Waals surface area contributed by atoms with Crippen molar-refractivity contribution in [3.63, 3.8) is 0 Å². The number of methoxy groups -OCH3 is 2. The maximum atomic E-state index is 9.49. The molecule has 0 aliphatic carbocycles. The van der Waals surface area contributed by atoms with Crippen LogP contribution in [0, 0.1) is 0 Å². The van der Waals surface area contributed by atoms with Gasteiger partial charge in [-0.25, -0.2) is 4.98 Å². The molecule has 0 saturated carbocycles. The van der Waals surface area contributed by atoms with Crippen molar-refractivity contribution in [3.8, 4) is 22.1 Å². The second-order valence-corrected chi connectivity index (χ2v) is 5.21. The van der Waals surface area contributed by atoms with Crippen LogP contribution in [-0.4, -0.2) is 24.3 Å². The van der Waals surface area contributed by atoms with Crippen molar-refractivity contribution in [3.05, 3.63) is 28.2 Å². The lowest BCUT2D eigenvalue weighted by molar-refractivity contribution is 0.195. The fourth-order valence-electron chi connectivity index (χ4n) is 1.65. The SMILES string of the molecule is COc1cc(-c2nc(C(C)O)cs2)cc(Cl)c1OC. The Morgan fingerprint density at radius 1 is 1.32 bits per heavy atom. The van der Waals surface area contributed by atoms with E-state index >= 15 is 0 Å². The van der Waals surface area contributed by atoms with E-state index in [0.717, 1.165) is 10.6 Å². The van der Waals surface area contributed by atoms with E-state index < -0.39 is 6.10 Å². The zero-order chi connectivity index (χ0) is 14.0. The molecule has 0 spiro atoms. The van der Waals surface area contributed by atoms with Gasteiger partial charge in [-0.05, 0) is 19.1 Å². The minimum atomic E-state index is -0.583. The summed E-state index contributed by atoms with van der Waals surface area (Å²) in [4.78, 5) is 4.37. The van der Waals surface area contributed by atoms with Crippen LogP contribution in [0.25, 0.3) is 10.6 Å². The Bertz CT molecular complexity index is 583. The number of halogens is 1. The van der Waals surface area contributed by atoms with E-state index in [0.29, 0.717) is 22.2 Å². The van der Waals surface area contributed by atoms with Crippen molar-refractivity contribution in [2.24, 2.45) is 0 Å². The number of hydrogen-bond donors (Lipinski definition) is 1. The summed E-state index contributed by atoms with van der Waals surface area (Å²) in [6.07, 6.45) is -0.583. The molecule has 4 nitrogen and oxygen atoms in total. The summed E-state index contributed by atoms with van der Waals surface area (Å²) >= 11 is 7.60. The number of benzene rings is 1. The molecule has 1 aromatic heterocycles. The molecule has 1 unspecified atom stereocenters. The monoisotopic (exact) mass is 299 g/mol. The Hall–Kier alpha value is -1.30. The lowest BCUT2D eigenvalue weighted by atomic mass is 10.2. The van der Waals surface area contributed by atoms with Gasteiger partial charge in [0.1, 0.15) is 5.01 Å². The van der Waals surface area contributed by atoms with Gasteiger partial charge in [0, 0.05) is 10.9 Å². The summed E-state index contributed by atoms with van der Waals surface area (Å²) in [5.74, 6) is 1.05. The number of thiazole rings is 1. The fourth-order valence-corrected chi connectivity index (χ4v) is 2.83. The van der Waals surface area contributed by atoms with Crippen molar-refractivity contribution in [2.75, 3.05) is 14.2 Å². The third-order valence-corrected chi connectivity index (χ3v) is 3.82. The van der Waals surface area contributed by atoms with Crippen molar-refractivity contribution in [1.82, 2.24) is 4.98 Å². The fraction of sp³-hybridized carbons (Fsp3) is 0.308. The molecule has 0 amide bonds. The molecule has 1 aromatic carbocycles. The summed E-state index contributed by atoms with van der Waals surface area (Å²) < 4.78 is 10.4. The van der Waals surface area contributed by atoms with Gasteiger partial charge in [-0.2, -0.15) is 0 Å². The van der Waals surface area contributed by atoms with Gasteiger partial charge in [0.2, 0.25) is 0 Å². The first-order chi connectivity index (χ1) is 9.06. The molecule has 102 valence electrons. The Balaban J connectivity index is 2.47. The third-order valence-electron chi connectivity index (χ3n) is 2.63. The molecule has 0 aliphatic rings. The smallest absolute Gasteiger partial charge is 0.179 e. The maximum Gasteiger partial charge on any atom is 0.179 e. The van der Waals surface area contributed by atoms with Crippen molar-refractivity contribution < 1.29 is 14.6 Å². The molecular weight excluding hydrogens is 286 g/mol. The number of ether oxygens (including phenoxy) is 2. The minimum Gasteiger partial charge on any atom is -0.493 e. The predicted molar refractivity (Wildman–Crippen MR) is 76.3 cm³/mol. The van der Waals surface area contributed by atoms with Crippen molar-refractivity contribution >= 4 is 22.9 Å². The standard InChI is InChI=1S/C13H14ClNO3S/c1-7(16)10-6-19-13(15-10)8-4-9(14)12(18-3)11(5-8)17-2/h4-7,16H,1-3H3. The van der Waals surface area contributed by atoms with Gasteiger partial charge in [-0.15, -0.1) is 11.3 Å². The second kappa shape index (κ2) is 5.77. The molecule has 2 aromatic rings.